The predicted octanol–water partition coefficient (Wildman–Crippen LogP) is 2.88. The van der Waals surface area contributed by atoms with Gasteiger partial charge >= 0.3 is 0 Å². The molecule has 0 aromatic carbocycles. The summed E-state index contributed by atoms with van der Waals surface area (Å²) in [6.45, 7) is 9.98. The first-order chi connectivity index (χ1) is 10.7. The summed E-state index contributed by atoms with van der Waals surface area (Å²) in [6, 6.07) is 4.31. The van der Waals surface area contributed by atoms with Crippen LogP contribution in [0.2, 0.25) is 0 Å². The Kier molecular flexibility index (Phi) is 9.89. The molecule has 0 bridgehead atoms. The number of thiophene rings is 1. The van der Waals surface area contributed by atoms with E-state index in [2.05, 4.69) is 51.5 Å². The molecule has 7 heteroatoms. The topological polar surface area (TPSA) is 40.1 Å². The molecule has 5 nitrogen and oxygen atoms in total. The van der Waals surface area contributed by atoms with E-state index in [9.17, 15) is 0 Å². The van der Waals surface area contributed by atoms with Gasteiger partial charge in [-0.25, -0.2) is 0 Å². The van der Waals surface area contributed by atoms with Crippen molar-refractivity contribution in [3.05, 3.63) is 17.5 Å². The average Bonchev–Trinajstić information content (AvgIpc) is 3.05. The summed E-state index contributed by atoms with van der Waals surface area (Å²) in [5.74, 6) is 1.01. The highest BCUT2D eigenvalue weighted by Crippen LogP contribution is 2.22. The van der Waals surface area contributed by atoms with Gasteiger partial charge in [-0.2, -0.15) is 0 Å². The summed E-state index contributed by atoms with van der Waals surface area (Å²) in [4.78, 5) is 9.20. The van der Waals surface area contributed by atoms with Crippen molar-refractivity contribution in [2.45, 2.75) is 26.4 Å². The van der Waals surface area contributed by atoms with E-state index in [1.165, 1.54) is 5.00 Å². The fourth-order valence-electron chi connectivity index (χ4n) is 2.51. The van der Waals surface area contributed by atoms with Gasteiger partial charge in [0.25, 0.3) is 0 Å². The van der Waals surface area contributed by atoms with Gasteiger partial charge in [0.2, 0.25) is 0 Å². The molecule has 1 fully saturated rings. The number of rotatable bonds is 6. The molecule has 0 radical (unpaired) electrons. The van der Waals surface area contributed by atoms with Crippen LogP contribution >= 0.6 is 35.3 Å². The van der Waals surface area contributed by atoms with Crippen molar-refractivity contribution in [1.29, 1.82) is 0 Å². The molecule has 1 aliphatic rings. The minimum Gasteiger partial charge on any atom is -0.379 e. The van der Waals surface area contributed by atoms with Gasteiger partial charge in [0.1, 0.15) is 0 Å². The number of nitrogens with one attached hydrogen (secondary N) is 1. The van der Waals surface area contributed by atoms with Crippen LogP contribution in [0.15, 0.2) is 22.5 Å². The largest absolute Gasteiger partial charge is 0.379 e. The van der Waals surface area contributed by atoms with E-state index in [0.717, 1.165) is 51.7 Å². The highest BCUT2D eigenvalue weighted by molar-refractivity contribution is 14.0. The van der Waals surface area contributed by atoms with Crippen molar-refractivity contribution in [2.75, 3.05) is 51.3 Å². The number of guanidine groups is 1. The minimum atomic E-state index is 0. The van der Waals surface area contributed by atoms with Crippen LogP contribution in [0.3, 0.4) is 0 Å². The lowest BCUT2D eigenvalue weighted by Crippen LogP contribution is -2.52. The van der Waals surface area contributed by atoms with Crippen LogP contribution < -0.4 is 10.2 Å². The van der Waals surface area contributed by atoms with Crippen LogP contribution in [0.4, 0.5) is 5.00 Å². The van der Waals surface area contributed by atoms with Crippen molar-refractivity contribution in [1.82, 2.24) is 10.2 Å². The fourth-order valence-corrected chi connectivity index (χ4v) is 3.30. The first-order valence-corrected chi connectivity index (χ1v) is 8.94. The van der Waals surface area contributed by atoms with Crippen LogP contribution in [0.25, 0.3) is 0 Å². The molecular formula is C16H29IN4OS. The molecule has 0 amide bonds. The third kappa shape index (κ3) is 6.84. The minimum absolute atomic E-state index is 0. The molecular weight excluding hydrogens is 423 g/mol. The molecule has 2 heterocycles. The lowest BCUT2D eigenvalue weighted by Gasteiger charge is -2.37. The van der Waals surface area contributed by atoms with E-state index in [1.54, 1.807) is 0 Å². The number of anilines is 1. The maximum Gasteiger partial charge on any atom is 0.193 e. The molecule has 1 N–H and O–H groups in total. The normalized spacial score (nSPS) is 15.7. The Hall–Kier alpha value is -0.540. The second kappa shape index (κ2) is 11.1. The van der Waals surface area contributed by atoms with Crippen molar-refractivity contribution in [2.24, 2.45) is 4.99 Å². The first-order valence-electron chi connectivity index (χ1n) is 8.06. The van der Waals surface area contributed by atoms with Crippen LogP contribution in [0.5, 0.6) is 0 Å². The highest BCUT2D eigenvalue weighted by Gasteiger charge is 2.19. The Labute approximate surface area is 161 Å². The molecule has 0 atom stereocenters. The van der Waals surface area contributed by atoms with Crippen molar-refractivity contribution in [3.8, 4) is 0 Å². The van der Waals surface area contributed by atoms with E-state index < -0.39 is 0 Å². The lowest BCUT2D eigenvalue weighted by molar-refractivity contribution is 0.0775. The molecule has 0 spiro atoms. The maximum absolute atomic E-state index is 5.56. The monoisotopic (exact) mass is 452 g/mol. The summed E-state index contributed by atoms with van der Waals surface area (Å²) in [6.07, 6.45) is 1.32. The van der Waals surface area contributed by atoms with Crippen LogP contribution in [-0.4, -0.2) is 63.3 Å². The number of hydrogen-bond acceptors (Lipinski definition) is 4. The zero-order chi connectivity index (χ0) is 15.8. The number of nitrogens with zero attached hydrogens (tertiary/aromatic N) is 3. The van der Waals surface area contributed by atoms with Gasteiger partial charge in [0.05, 0.1) is 11.1 Å². The van der Waals surface area contributed by atoms with Gasteiger partial charge in [0.15, 0.2) is 5.96 Å². The van der Waals surface area contributed by atoms with Crippen molar-refractivity contribution < 1.29 is 4.74 Å². The molecule has 2 rings (SSSR count). The van der Waals surface area contributed by atoms with Crippen LogP contribution in [0.1, 0.15) is 20.3 Å². The lowest BCUT2D eigenvalue weighted by atomic mass is 10.3. The molecule has 0 unspecified atom stereocenters. The number of hydrogen-bond donors (Lipinski definition) is 1. The Morgan fingerprint density at radius 3 is 2.65 bits per heavy atom. The zero-order valence-corrected chi connectivity index (χ0v) is 17.5. The van der Waals surface area contributed by atoms with Crippen molar-refractivity contribution in [3.63, 3.8) is 0 Å². The van der Waals surface area contributed by atoms with Crippen LogP contribution in [-0.2, 0) is 4.74 Å². The van der Waals surface area contributed by atoms with E-state index in [4.69, 9.17) is 4.74 Å². The number of halogens is 1. The molecule has 1 saturated heterocycles. The van der Waals surface area contributed by atoms with E-state index in [0.29, 0.717) is 6.10 Å². The Morgan fingerprint density at radius 2 is 2.09 bits per heavy atom. The van der Waals surface area contributed by atoms with Gasteiger partial charge in [-0.1, -0.05) is 0 Å². The van der Waals surface area contributed by atoms with Crippen molar-refractivity contribution >= 4 is 46.3 Å². The third-order valence-corrected chi connectivity index (χ3v) is 4.59. The van der Waals surface area contributed by atoms with Gasteiger partial charge in [-0.05, 0) is 37.8 Å². The molecule has 23 heavy (non-hydrogen) atoms. The summed E-state index contributed by atoms with van der Waals surface area (Å²) < 4.78 is 5.56. The Bertz CT molecular complexity index is 445. The molecule has 1 aromatic rings. The average molecular weight is 452 g/mol. The predicted molar refractivity (Wildman–Crippen MR) is 111 cm³/mol. The summed E-state index contributed by atoms with van der Waals surface area (Å²) in [5.41, 5.74) is 0. The first kappa shape index (κ1) is 20.5. The quantitative estimate of drug-likeness (QED) is 0.312. The number of aliphatic imine (C=N–C) groups is 1. The standard InChI is InChI=1S/C16H28N4OS.HI/c1-14(2)21-12-5-7-18-16(17-3)20-10-8-19(9-11-20)15-6-4-13-22-15;/h4,6,13-14H,5,7-12H2,1-3H3,(H,17,18);1H. The molecule has 0 aliphatic carbocycles. The Morgan fingerprint density at radius 1 is 1.35 bits per heavy atom. The second-order valence-corrected chi connectivity index (χ2v) is 6.60. The number of piperazine rings is 1. The van der Waals surface area contributed by atoms with E-state index in [-0.39, 0.29) is 24.0 Å². The van der Waals surface area contributed by atoms with E-state index in [1.807, 2.05) is 18.4 Å². The number of ether oxygens (including phenoxy) is 1. The Balaban J connectivity index is 0.00000264. The summed E-state index contributed by atoms with van der Waals surface area (Å²) in [5, 5.41) is 6.95. The molecule has 1 aliphatic heterocycles. The van der Waals surface area contributed by atoms with Gasteiger partial charge in [-0.3, -0.25) is 4.99 Å². The van der Waals surface area contributed by atoms with E-state index >= 15 is 0 Å². The maximum atomic E-state index is 5.56. The van der Waals surface area contributed by atoms with Gasteiger partial charge < -0.3 is 19.9 Å². The zero-order valence-electron chi connectivity index (χ0n) is 14.3. The molecule has 0 saturated carbocycles. The van der Waals surface area contributed by atoms with Gasteiger partial charge in [-0.15, -0.1) is 35.3 Å². The highest BCUT2D eigenvalue weighted by atomic mass is 127. The third-order valence-electron chi connectivity index (χ3n) is 3.66. The summed E-state index contributed by atoms with van der Waals surface area (Å²) >= 11 is 1.81. The second-order valence-electron chi connectivity index (χ2n) is 5.67. The molecule has 1 aromatic heterocycles. The molecule has 132 valence electrons. The SMILES string of the molecule is CN=C(NCCCOC(C)C)N1CCN(c2cccs2)CC1.I. The van der Waals surface area contributed by atoms with Crippen LogP contribution in [0, 0.1) is 0 Å². The smallest absolute Gasteiger partial charge is 0.193 e. The van der Waals surface area contributed by atoms with Gasteiger partial charge in [0, 0.05) is 46.4 Å². The summed E-state index contributed by atoms with van der Waals surface area (Å²) in [7, 11) is 1.86. The fraction of sp³-hybridized carbons (Fsp3) is 0.688.